The minimum atomic E-state index is -0.884. The van der Waals surface area contributed by atoms with Crippen molar-refractivity contribution in [2.75, 3.05) is 11.9 Å². The van der Waals surface area contributed by atoms with Crippen molar-refractivity contribution in [1.82, 2.24) is 20.1 Å². The summed E-state index contributed by atoms with van der Waals surface area (Å²) in [4.78, 5) is 42.7. The quantitative estimate of drug-likeness (QED) is 0.757. The molecule has 1 fully saturated rings. The molecule has 2 aromatic rings. The molecule has 0 unspecified atom stereocenters. The third kappa shape index (κ3) is 3.74. The molecule has 2 heterocycles. The second-order valence-corrected chi connectivity index (χ2v) is 7.22. The van der Waals surface area contributed by atoms with Crippen molar-refractivity contribution in [2.24, 2.45) is 0 Å². The molecule has 1 aromatic heterocycles. The van der Waals surface area contributed by atoms with E-state index in [-0.39, 0.29) is 49.0 Å². The zero-order valence-electron chi connectivity index (χ0n) is 15.7. The Balaban J connectivity index is 1.61. The van der Waals surface area contributed by atoms with Gasteiger partial charge in [0.2, 0.25) is 23.7 Å². The van der Waals surface area contributed by atoms with Crippen LogP contribution in [-0.4, -0.2) is 44.3 Å². The molecule has 8 nitrogen and oxygen atoms in total. The number of aromatic amines is 1. The maximum atomic E-state index is 12.8. The van der Waals surface area contributed by atoms with Crippen LogP contribution in [0, 0.1) is 0 Å². The number of hydrogen-bond donors (Lipinski definition) is 2. The molecule has 1 aromatic carbocycles. The summed E-state index contributed by atoms with van der Waals surface area (Å²) in [5.41, 5.74) is -0.0812. The summed E-state index contributed by atoms with van der Waals surface area (Å²) in [7, 11) is 0. The van der Waals surface area contributed by atoms with Crippen molar-refractivity contribution >= 4 is 23.7 Å². The van der Waals surface area contributed by atoms with Crippen LogP contribution in [0.15, 0.2) is 30.3 Å². The summed E-state index contributed by atoms with van der Waals surface area (Å²) in [6, 6.07) is 9.24. The molecule has 2 N–H and O–H groups in total. The molecule has 3 amide bonds. The third-order valence-corrected chi connectivity index (χ3v) is 4.80. The van der Waals surface area contributed by atoms with E-state index in [9.17, 15) is 14.4 Å². The van der Waals surface area contributed by atoms with Crippen molar-refractivity contribution in [3.63, 3.8) is 0 Å². The topological polar surface area (TPSA) is 108 Å². The number of amides is 3. The maximum Gasteiger partial charge on any atom is 0.248 e. The number of carbonyl (C=O) groups excluding carboxylic acids is 3. The smallest absolute Gasteiger partial charge is 0.248 e. The van der Waals surface area contributed by atoms with Gasteiger partial charge in [0.1, 0.15) is 5.82 Å². The first-order valence-corrected chi connectivity index (χ1v) is 8.93. The van der Waals surface area contributed by atoms with Gasteiger partial charge in [-0.15, -0.1) is 5.10 Å². The van der Waals surface area contributed by atoms with E-state index in [1.807, 2.05) is 44.2 Å². The first-order valence-electron chi connectivity index (χ1n) is 8.93. The molecule has 8 heteroatoms. The van der Waals surface area contributed by atoms with Gasteiger partial charge in [-0.2, -0.15) is 4.98 Å². The fourth-order valence-electron chi connectivity index (χ4n) is 3.13. The maximum absolute atomic E-state index is 12.8. The zero-order valence-corrected chi connectivity index (χ0v) is 15.7. The Hall–Kier alpha value is -3.03. The predicted octanol–water partition coefficient (Wildman–Crippen LogP) is 1.97. The lowest BCUT2D eigenvalue weighted by Crippen LogP contribution is -2.38. The molecule has 142 valence electrons. The first-order chi connectivity index (χ1) is 12.8. The van der Waals surface area contributed by atoms with Crippen LogP contribution < -0.4 is 5.32 Å². The van der Waals surface area contributed by atoms with E-state index in [1.54, 1.807) is 6.92 Å². The fourth-order valence-corrected chi connectivity index (χ4v) is 3.13. The van der Waals surface area contributed by atoms with E-state index < -0.39 is 5.41 Å². The number of H-pyrrole nitrogens is 1. The first kappa shape index (κ1) is 18.8. The van der Waals surface area contributed by atoms with Gasteiger partial charge in [0, 0.05) is 25.3 Å². The van der Waals surface area contributed by atoms with Gasteiger partial charge in [-0.25, -0.2) is 0 Å². The summed E-state index contributed by atoms with van der Waals surface area (Å²) in [5, 5.41) is 9.27. The van der Waals surface area contributed by atoms with Crippen molar-refractivity contribution in [1.29, 1.82) is 0 Å². The summed E-state index contributed by atoms with van der Waals surface area (Å²) in [6.07, 6.45) is 0.101. The van der Waals surface area contributed by atoms with Crippen LogP contribution in [0.4, 0.5) is 5.95 Å². The van der Waals surface area contributed by atoms with Crippen LogP contribution in [0.25, 0.3) is 0 Å². The molecule has 1 atom stereocenters. The van der Waals surface area contributed by atoms with Gasteiger partial charge in [-0.3, -0.25) is 29.7 Å². The van der Waals surface area contributed by atoms with Gasteiger partial charge in [-0.05, 0) is 12.5 Å². The number of rotatable bonds is 6. The molecule has 0 bridgehead atoms. The SMILES string of the molecule is CC(C)c1nc(NC(=O)CCN2C(=O)C[C@@](C)(c3ccccc3)C2=O)n[nH]1. The van der Waals surface area contributed by atoms with E-state index in [0.29, 0.717) is 5.82 Å². The zero-order chi connectivity index (χ0) is 19.6. The highest BCUT2D eigenvalue weighted by molar-refractivity contribution is 6.09. The Morgan fingerprint density at radius 1 is 1.30 bits per heavy atom. The Kier molecular flexibility index (Phi) is 5.07. The average Bonchev–Trinajstić information content (AvgIpc) is 3.18. The minimum Gasteiger partial charge on any atom is -0.293 e. The van der Waals surface area contributed by atoms with Crippen LogP contribution in [0.5, 0.6) is 0 Å². The van der Waals surface area contributed by atoms with E-state index in [2.05, 4.69) is 20.5 Å². The van der Waals surface area contributed by atoms with Gasteiger partial charge in [-0.1, -0.05) is 44.2 Å². The lowest BCUT2D eigenvalue weighted by Gasteiger charge is -2.22. The van der Waals surface area contributed by atoms with Crippen LogP contribution >= 0.6 is 0 Å². The predicted molar refractivity (Wildman–Crippen MR) is 98.8 cm³/mol. The standard InChI is InChI=1S/C19H23N5O3/c1-12(2)16-21-18(23-22-16)20-14(25)9-10-24-15(26)11-19(3,17(24)27)13-7-5-4-6-8-13/h4-8,12H,9-11H2,1-3H3,(H2,20,21,22,23,25)/t19-/m0/s1. The molecule has 1 saturated heterocycles. The van der Waals surface area contributed by atoms with Crippen LogP contribution in [0.1, 0.15) is 50.9 Å². The third-order valence-electron chi connectivity index (χ3n) is 4.80. The highest BCUT2D eigenvalue weighted by Crippen LogP contribution is 2.36. The number of nitrogens with one attached hydrogen (secondary N) is 2. The summed E-state index contributed by atoms with van der Waals surface area (Å²) < 4.78 is 0. The monoisotopic (exact) mass is 369 g/mol. The minimum absolute atomic E-state index is 0.00605. The highest BCUT2D eigenvalue weighted by Gasteiger charge is 2.49. The Morgan fingerprint density at radius 2 is 2.00 bits per heavy atom. The second kappa shape index (κ2) is 7.30. The molecule has 0 saturated carbocycles. The molecule has 0 aliphatic carbocycles. The molecule has 1 aliphatic rings. The summed E-state index contributed by atoms with van der Waals surface area (Å²) >= 11 is 0. The lowest BCUT2D eigenvalue weighted by molar-refractivity contribution is -0.139. The van der Waals surface area contributed by atoms with Crippen molar-refractivity contribution < 1.29 is 14.4 Å². The van der Waals surface area contributed by atoms with Gasteiger partial charge in [0.25, 0.3) is 0 Å². The fraction of sp³-hybridized carbons (Fsp3) is 0.421. The Labute approximate surface area is 157 Å². The molecule has 0 spiro atoms. The van der Waals surface area contributed by atoms with Gasteiger partial charge >= 0.3 is 0 Å². The number of imide groups is 1. The van der Waals surface area contributed by atoms with Crippen molar-refractivity contribution in [2.45, 2.75) is 44.9 Å². The van der Waals surface area contributed by atoms with Crippen molar-refractivity contribution in [3.8, 4) is 0 Å². The molecule has 1 aliphatic heterocycles. The van der Waals surface area contributed by atoms with Gasteiger partial charge in [0.15, 0.2) is 0 Å². The summed E-state index contributed by atoms with van der Waals surface area (Å²) in [5.74, 6) is 0.147. The van der Waals surface area contributed by atoms with E-state index in [0.717, 1.165) is 5.56 Å². The van der Waals surface area contributed by atoms with Crippen LogP contribution in [-0.2, 0) is 19.8 Å². The van der Waals surface area contributed by atoms with E-state index in [4.69, 9.17) is 0 Å². The van der Waals surface area contributed by atoms with E-state index >= 15 is 0 Å². The number of benzene rings is 1. The molecular weight excluding hydrogens is 346 g/mol. The van der Waals surface area contributed by atoms with Gasteiger partial charge in [0.05, 0.1) is 5.41 Å². The van der Waals surface area contributed by atoms with Crippen LogP contribution in [0.3, 0.4) is 0 Å². The number of likely N-dealkylation sites (tertiary alicyclic amines) is 1. The summed E-state index contributed by atoms with van der Waals surface area (Å²) in [6.45, 7) is 5.72. The molecule has 3 rings (SSSR count). The van der Waals surface area contributed by atoms with Crippen LogP contribution in [0.2, 0.25) is 0 Å². The van der Waals surface area contributed by atoms with Gasteiger partial charge < -0.3 is 0 Å². The molecular formula is C19H23N5O3. The number of hydrogen-bond acceptors (Lipinski definition) is 5. The number of anilines is 1. The Morgan fingerprint density at radius 3 is 2.63 bits per heavy atom. The lowest BCUT2D eigenvalue weighted by atomic mass is 9.81. The normalized spacial score (nSPS) is 19.8. The number of carbonyl (C=O) groups is 3. The Bertz CT molecular complexity index is 861. The second-order valence-electron chi connectivity index (χ2n) is 7.22. The molecule has 0 radical (unpaired) electrons. The highest BCUT2D eigenvalue weighted by atomic mass is 16.2. The number of nitrogens with zero attached hydrogens (tertiary/aromatic N) is 3. The molecule has 27 heavy (non-hydrogen) atoms. The van der Waals surface area contributed by atoms with Crippen molar-refractivity contribution in [3.05, 3.63) is 41.7 Å². The average molecular weight is 369 g/mol. The number of aromatic nitrogens is 3. The largest absolute Gasteiger partial charge is 0.293 e. The van der Waals surface area contributed by atoms with E-state index in [1.165, 1.54) is 4.90 Å².